The minimum Gasteiger partial charge on any atom is -0.423 e. The van der Waals surface area contributed by atoms with Crippen LogP contribution >= 0.6 is 11.6 Å². The molecule has 2 N–H and O–H groups in total. The Hall–Kier alpha value is -1.29. The third-order valence-corrected chi connectivity index (χ3v) is 8.26. The fourth-order valence-electron chi connectivity index (χ4n) is 7.38. The fourth-order valence-corrected chi connectivity index (χ4v) is 7.65. The zero-order valence-corrected chi connectivity index (χ0v) is 15.4. The molecule has 5 aliphatic carbocycles. The average Bonchev–Trinajstić information content (AvgIpc) is 2.90. The highest BCUT2D eigenvalue weighted by Crippen LogP contribution is 2.69. The first-order valence-corrected chi connectivity index (χ1v) is 10.3. The van der Waals surface area contributed by atoms with E-state index in [1.165, 1.54) is 54.4 Å². The molecule has 2 aromatic rings. The van der Waals surface area contributed by atoms with E-state index in [2.05, 4.69) is 24.3 Å². The highest BCUT2D eigenvalue weighted by atomic mass is 35.5. The lowest BCUT2D eigenvalue weighted by Gasteiger charge is -2.61. The molecule has 4 saturated carbocycles. The van der Waals surface area contributed by atoms with Crippen LogP contribution in [0.2, 0.25) is 5.02 Å². The largest absolute Gasteiger partial charge is 0.488 e. The van der Waals surface area contributed by atoms with E-state index in [0.717, 1.165) is 16.9 Å². The summed E-state index contributed by atoms with van der Waals surface area (Å²) in [6, 6.07) is 12.4. The standard InChI is InChI=1S/C22H22BClO2/c24-20-3-1-2-18-21(20)17-5-4-16(23(25)26)11-19(17)22(18)14-7-12-6-13(9-14)10-15(22)8-12/h1-5,11-15,25-26H,6-10H2. The minimum atomic E-state index is -1.42. The van der Waals surface area contributed by atoms with E-state index in [0.29, 0.717) is 17.3 Å². The third kappa shape index (κ3) is 1.77. The van der Waals surface area contributed by atoms with Crippen molar-refractivity contribution in [1.82, 2.24) is 0 Å². The number of hydrogen-bond acceptors (Lipinski definition) is 2. The summed E-state index contributed by atoms with van der Waals surface area (Å²) >= 11 is 6.70. The molecule has 0 aromatic heterocycles. The van der Waals surface area contributed by atoms with Crippen LogP contribution in [0.4, 0.5) is 0 Å². The summed E-state index contributed by atoms with van der Waals surface area (Å²) in [6.07, 6.45) is 6.66. The van der Waals surface area contributed by atoms with Crippen molar-refractivity contribution in [3.63, 3.8) is 0 Å². The maximum atomic E-state index is 9.79. The normalized spacial score (nSPS) is 35.7. The van der Waals surface area contributed by atoms with E-state index < -0.39 is 7.12 Å². The quantitative estimate of drug-likeness (QED) is 0.757. The number of rotatable bonds is 1. The minimum absolute atomic E-state index is 0.0217. The molecule has 0 atom stereocenters. The highest BCUT2D eigenvalue weighted by molar-refractivity contribution is 6.58. The van der Waals surface area contributed by atoms with Crippen LogP contribution in [0.1, 0.15) is 43.2 Å². The van der Waals surface area contributed by atoms with Gasteiger partial charge in [-0.1, -0.05) is 41.9 Å². The Bertz CT molecular complexity index is 894. The van der Waals surface area contributed by atoms with Gasteiger partial charge >= 0.3 is 7.12 Å². The molecule has 0 aliphatic heterocycles. The summed E-state index contributed by atoms with van der Waals surface area (Å²) in [4.78, 5) is 0. The van der Waals surface area contributed by atoms with Gasteiger partial charge in [-0.15, -0.1) is 0 Å². The molecule has 0 unspecified atom stereocenters. The second-order valence-corrected chi connectivity index (χ2v) is 9.42. The number of halogens is 1. The highest BCUT2D eigenvalue weighted by Gasteiger charge is 2.61. The van der Waals surface area contributed by atoms with Crippen LogP contribution in [-0.2, 0) is 5.41 Å². The first kappa shape index (κ1) is 15.7. The van der Waals surface area contributed by atoms with Crippen LogP contribution < -0.4 is 5.46 Å². The van der Waals surface area contributed by atoms with Gasteiger partial charge < -0.3 is 10.0 Å². The zero-order valence-electron chi connectivity index (χ0n) is 14.7. The van der Waals surface area contributed by atoms with Crippen molar-refractivity contribution < 1.29 is 10.0 Å². The molecule has 132 valence electrons. The van der Waals surface area contributed by atoms with Crippen LogP contribution in [0, 0.1) is 23.7 Å². The average molecular weight is 365 g/mol. The fraction of sp³-hybridized carbons (Fsp3) is 0.455. The molecule has 0 heterocycles. The molecule has 5 aliphatic rings. The van der Waals surface area contributed by atoms with E-state index in [9.17, 15) is 10.0 Å². The van der Waals surface area contributed by atoms with Crippen molar-refractivity contribution in [2.45, 2.75) is 37.5 Å². The smallest absolute Gasteiger partial charge is 0.423 e. The van der Waals surface area contributed by atoms with Crippen molar-refractivity contribution in [3.05, 3.63) is 52.5 Å². The van der Waals surface area contributed by atoms with E-state index in [4.69, 9.17) is 11.6 Å². The summed E-state index contributed by atoms with van der Waals surface area (Å²) in [6.45, 7) is 0. The Morgan fingerprint density at radius 3 is 2.23 bits per heavy atom. The predicted molar refractivity (Wildman–Crippen MR) is 105 cm³/mol. The van der Waals surface area contributed by atoms with Gasteiger partial charge in [-0.3, -0.25) is 0 Å². The van der Waals surface area contributed by atoms with Crippen LogP contribution in [0.3, 0.4) is 0 Å². The summed E-state index contributed by atoms with van der Waals surface area (Å²) in [5, 5.41) is 20.4. The van der Waals surface area contributed by atoms with Gasteiger partial charge in [0.1, 0.15) is 0 Å². The zero-order chi connectivity index (χ0) is 17.6. The van der Waals surface area contributed by atoms with Gasteiger partial charge in [-0.25, -0.2) is 0 Å². The van der Waals surface area contributed by atoms with Crippen LogP contribution in [0.5, 0.6) is 0 Å². The van der Waals surface area contributed by atoms with Gasteiger partial charge in [0.25, 0.3) is 0 Å². The Kier molecular flexibility index (Phi) is 3.12. The van der Waals surface area contributed by atoms with Crippen molar-refractivity contribution >= 4 is 24.2 Å². The maximum absolute atomic E-state index is 9.79. The van der Waals surface area contributed by atoms with Crippen molar-refractivity contribution in [2.24, 2.45) is 23.7 Å². The molecule has 0 saturated heterocycles. The van der Waals surface area contributed by atoms with Crippen molar-refractivity contribution in [3.8, 4) is 11.1 Å². The van der Waals surface area contributed by atoms with Gasteiger partial charge in [0.2, 0.25) is 0 Å². The molecule has 0 amide bonds. The van der Waals surface area contributed by atoms with Crippen LogP contribution in [0.25, 0.3) is 11.1 Å². The Morgan fingerprint density at radius 1 is 0.885 bits per heavy atom. The SMILES string of the molecule is OB(O)c1ccc2c(c1)C1(c3cccc(Cl)c3-2)C2CC3CC(C2)CC1C3. The molecule has 7 rings (SSSR count). The van der Waals surface area contributed by atoms with E-state index in [1.807, 2.05) is 12.1 Å². The maximum Gasteiger partial charge on any atom is 0.488 e. The Balaban J connectivity index is 1.67. The molecule has 4 bridgehead atoms. The Labute approximate surface area is 159 Å². The molecule has 2 nitrogen and oxygen atoms in total. The van der Waals surface area contributed by atoms with Gasteiger partial charge in [-0.2, -0.15) is 0 Å². The number of fused-ring (bicyclic) bond motifs is 3. The van der Waals surface area contributed by atoms with Crippen molar-refractivity contribution in [2.75, 3.05) is 0 Å². The lowest BCUT2D eigenvalue weighted by Crippen LogP contribution is -2.55. The van der Waals surface area contributed by atoms with Gasteiger partial charge in [0.05, 0.1) is 0 Å². The third-order valence-electron chi connectivity index (χ3n) is 7.94. The summed E-state index contributed by atoms with van der Waals surface area (Å²) < 4.78 is 0. The first-order chi connectivity index (χ1) is 12.6. The summed E-state index contributed by atoms with van der Waals surface area (Å²) in [5.74, 6) is 3.09. The first-order valence-electron chi connectivity index (χ1n) is 9.89. The summed E-state index contributed by atoms with van der Waals surface area (Å²) in [7, 11) is -1.42. The van der Waals surface area contributed by atoms with Crippen LogP contribution in [0.15, 0.2) is 36.4 Å². The second-order valence-electron chi connectivity index (χ2n) is 9.01. The second kappa shape index (κ2) is 5.16. The molecule has 4 heteroatoms. The Morgan fingerprint density at radius 2 is 1.58 bits per heavy atom. The molecule has 1 spiro atoms. The number of benzene rings is 2. The van der Waals surface area contributed by atoms with Crippen LogP contribution in [-0.4, -0.2) is 17.2 Å². The van der Waals surface area contributed by atoms with Gasteiger partial charge in [0.15, 0.2) is 0 Å². The van der Waals surface area contributed by atoms with Gasteiger partial charge in [-0.05, 0) is 84.0 Å². The van der Waals surface area contributed by atoms with E-state index >= 15 is 0 Å². The molecule has 26 heavy (non-hydrogen) atoms. The lowest BCUT2D eigenvalue weighted by atomic mass is 9.43. The summed E-state index contributed by atoms with van der Waals surface area (Å²) in [5.41, 5.74) is 5.73. The molecular weight excluding hydrogens is 343 g/mol. The molecule has 2 aromatic carbocycles. The van der Waals surface area contributed by atoms with E-state index in [1.54, 1.807) is 0 Å². The molecule has 4 fully saturated rings. The monoisotopic (exact) mass is 364 g/mol. The molecular formula is C22H22BClO2. The molecule has 0 radical (unpaired) electrons. The lowest BCUT2D eigenvalue weighted by molar-refractivity contribution is -0.0399. The number of hydrogen-bond donors (Lipinski definition) is 2. The topological polar surface area (TPSA) is 40.5 Å². The van der Waals surface area contributed by atoms with Gasteiger partial charge in [0, 0.05) is 16.0 Å². The predicted octanol–water partition coefficient (Wildman–Crippen LogP) is 3.74. The van der Waals surface area contributed by atoms with Crippen molar-refractivity contribution in [1.29, 1.82) is 0 Å². The van der Waals surface area contributed by atoms with E-state index in [-0.39, 0.29) is 5.41 Å².